The molecular formula is C17H18N2O4S. The third-order valence-corrected chi connectivity index (χ3v) is 5.04. The van der Waals surface area contributed by atoms with Crippen molar-refractivity contribution in [2.45, 2.75) is 19.4 Å². The van der Waals surface area contributed by atoms with Crippen LogP contribution in [0.4, 0.5) is 5.69 Å². The lowest BCUT2D eigenvalue weighted by Crippen LogP contribution is -2.41. The Hall–Kier alpha value is -2.28. The molecule has 6 nitrogen and oxygen atoms in total. The predicted molar refractivity (Wildman–Crippen MR) is 92.0 cm³/mol. The standard InChI is InChI=1S/C17H18N2O4S/c1-12-5-6-16(23-12)15-11-24-8-7-18(15)17(20)10-13-3-2-4-14(9-13)19(21)22/h2-6,9,15H,7-8,10-11H2,1H3/t15-/m1/s1. The van der Waals surface area contributed by atoms with Gasteiger partial charge in [-0.15, -0.1) is 0 Å². The van der Waals surface area contributed by atoms with Crippen molar-refractivity contribution in [3.05, 3.63) is 63.6 Å². The molecule has 1 amide bonds. The Morgan fingerprint density at radius 3 is 2.96 bits per heavy atom. The maximum atomic E-state index is 12.7. The van der Waals surface area contributed by atoms with E-state index < -0.39 is 4.92 Å². The summed E-state index contributed by atoms with van der Waals surface area (Å²) in [6.45, 7) is 2.54. The van der Waals surface area contributed by atoms with Gasteiger partial charge in [-0.25, -0.2) is 0 Å². The summed E-state index contributed by atoms with van der Waals surface area (Å²) in [6, 6.07) is 9.99. The highest BCUT2D eigenvalue weighted by molar-refractivity contribution is 7.99. The fraction of sp³-hybridized carbons (Fsp3) is 0.353. The molecule has 0 saturated carbocycles. The summed E-state index contributed by atoms with van der Waals surface area (Å²) in [6.07, 6.45) is 0.155. The third-order valence-electron chi connectivity index (χ3n) is 4.02. The third kappa shape index (κ3) is 3.62. The number of amides is 1. The molecule has 0 unspecified atom stereocenters. The number of furan rings is 1. The highest BCUT2D eigenvalue weighted by atomic mass is 32.2. The van der Waals surface area contributed by atoms with E-state index in [4.69, 9.17) is 4.42 Å². The van der Waals surface area contributed by atoms with E-state index in [0.29, 0.717) is 12.1 Å². The molecule has 126 valence electrons. The second-order valence-corrected chi connectivity index (χ2v) is 6.88. The van der Waals surface area contributed by atoms with Crippen LogP contribution in [-0.2, 0) is 11.2 Å². The smallest absolute Gasteiger partial charge is 0.269 e. The predicted octanol–water partition coefficient (Wildman–Crippen LogP) is 3.36. The molecule has 7 heteroatoms. The van der Waals surface area contributed by atoms with Gasteiger partial charge in [0.15, 0.2) is 0 Å². The fourth-order valence-corrected chi connectivity index (χ4v) is 3.89. The van der Waals surface area contributed by atoms with Gasteiger partial charge in [0.1, 0.15) is 11.5 Å². The Morgan fingerprint density at radius 1 is 1.42 bits per heavy atom. The van der Waals surface area contributed by atoms with Crippen molar-refractivity contribution in [3.8, 4) is 0 Å². The number of nitro benzene ring substituents is 1. The summed E-state index contributed by atoms with van der Waals surface area (Å²) < 4.78 is 5.71. The maximum Gasteiger partial charge on any atom is 0.269 e. The van der Waals surface area contributed by atoms with Gasteiger partial charge >= 0.3 is 0 Å². The van der Waals surface area contributed by atoms with Crippen molar-refractivity contribution in [1.29, 1.82) is 0 Å². The molecule has 2 aromatic rings. The SMILES string of the molecule is Cc1ccc([C@H]2CSCCN2C(=O)Cc2cccc([N+](=O)[O-])c2)o1. The normalized spacial score (nSPS) is 17.7. The molecule has 0 bridgehead atoms. The number of aryl methyl sites for hydroxylation is 1. The van der Waals surface area contributed by atoms with Crippen LogP contribution in [0, 0.1) is 17.0 Å². The lowest BCUT2D eigenvalue weighted by Gasteiger charge is -2.34. The molecule has 24 heavy (non-hydrogen) atoms. The van der Waals surface area contributed by atoms with Gasteiger partial charge in [-0.2, -0.15) is 11.8 Å². The largest absolute Gasteiger partial charge is 0.464 e. The van der Waals surface area contributed by atoms with E-state index in [1.165, 1.54) is 12.1 Å². The van der Waals surface area contributed by atoms with Gasteiger partial charge in [0.2, 0.25) is 5.91 Å². The topological polar surface area (TPSA) is 76.6 Å². The second-order valence-electron chi connectivity index (χ2n) is 5.73. The van der Waals surface area contributed by atoms with Crippen LogP contribution in [0.15, 0.2) is 40.8 Å². The molecule has 1 aromatic heterocycles. The molecule has 1 atom stereocenters. The quantitative estimate of drug-likeness (QED) is 0.627. The Balaban J connectivity index is 1.77. The molecule has 0 aliphatic carbocycles. The number of nitro groups is 1. The molecule has 0 spiro atoms. The minimum Gasteiger partial charge on any atom is -0.464 e. The lowest BCUT2D eigenvalue weighted by atomic mass is 10.1. The number of carbonyl (C=O) groups excluding carboxylic acids is 1. The Morgan fingerprint density at radius 2 is 2.25 bits per heavy atom. The number of carbonyl (C=O) groups is 1. The molecule has 2 heterocycles. The molecule has 0 N–H and O–H groups in total. The van der Waals surface area contributed by atoms with Crippen LogP contribution in [0.1, 0.15) is 23.1 Å². The van der Waals surface area contributed by atoms with E-state index in [1.807, 2.05) is 24.0 Å². The van der Waals surface area contributed by atoms with Crippen molar-refractivity contribution >= 4 is 23.4 Å². The summed E-state index contributed by atoms with van der Waals surface area (Å²) in [7, 11) is 0. The first-order chi connectivity index (χ1) is 11.5. The van der Waals surface area contributed by atoms with Gasteiger partial charge in [0.25, 0.3) is 5.69 Å². The monoisotopic (exact) mass is 346 g/mol. The summed E-state index contributed by atoms with van der Waals surface area (Å²) in [4.78, 5) is 25.0. The first-order valence-electron chi connectivity index (χ1n) is 7.71. The first-order valence-corrected chi connectivity index (χ1v) is 8.87. The van der Waals surface area contributed by atoms with Gasteiger partial charge in [0.05, 0.1) is 17.4 Å². The van der Waals surface area contributed by atoms with Crippen molar-refractivity contribution in [1.82, 2.24) is 4.90 Å². The van der Waals surface area contributed by atoms with Crippen LogP contribution in [0.5, 0.6) is 0 Å². The minimum absolute atomic E-state index is 0.00714. The summed E-state index contributed by atoms with van der Waals surface area (Å²) in [5.41, 5.74) is 0.662. The van der Waals surface area contributed by atoms with Crippen molar-refractivity contribution in [2.75, 3.05) is 18.1 Å². The Kier molecular flexibility index (Phi) is 4.89. The molecule has 1 aliphatic heterocycles. The zero-order valence-electron chi connectivity index (χ0n) is 13.3. The number of rotatable bonds is 4. The zero-order chi connectivity index (χ0) is 17.1. The van der Waals surface area contributed by atoms with Crippen LogP contribution in [0.3, 0.4) is 0 Å². The van der Waals surface area contributed by atoms with E-state index in [2.05, 4.69) is 0 Å². The van der Waals surface area contributed by atoms with Gasteiger partial charge in [-0.05, 0) is 24.6 Å². The number of hydrogen-bond donors (Lipinski definition) is 0. The number of nitrogens with zero attached hydrogens (tertiary/aromatic N) is 2. The van der Waals surface area contributed by atoms with Gasteiger partial charge in [-0.3, -0.25) is 14.9 Å². The van der Waals surface area contributed by atoms with E-state index in [-0.39, 0.29) is 24.1 Å². The average Bonchev–Trinajstić information content (AvgIpc) is 3.01. The van der Waals surface area contributed by atoms with Gasteiger partial charge in [-0.1, -0.05) is 12.1 Å². The van der Waals surface area contributed by atoms with Crippen molar-refractivity contribution < 1.29 is 14.1 Å². The van der Waals surface area contributed by atoms with E-state index in [0.717, 1.165) is 23.0 Å². The van der Waals surface area contributed by atoms with Crippen LogP contribution in [0.25, 0.3) is 0 Å². The Bertz CT molecular complexity index is 759. The maximum absolute atomic E-state index is 12.7. The van der Waals surface area contributed by atoms with Gasteiger partial charge in [0, 0.05) is 30.2 Å². The van der Waals surface area contributed by atoms with Crippen molar-refractivity contribution in [2.24, 2.45) is 0 Å². The molecule has 1 aliphatic rings. The summed E-state index contributed by atoms with van der Waals surface area (Å²) >= 11 is 1.80. The molecular weight excluding hydrogens is 328 g/mol. The number of non-ortho nitro benzene ring substituents is 1. The zero-order valence-corrected chi connectivity index (χ0v) is 14.1. The molecule has 1 aromatic carbocycles. The highest BCUT2D eigenvalue weighted by Crippen LogP contribution is 2.31. The van der Waals surface area contributed by atoms with Gasteiger partial charge < -0.3 is 9.32 Å². The molecule has 1 fully saturated rings. The Labute approximate surface area is 144 Å². The highest BCUT2D eigenvalue weighted by Gasteiger charge is 2.30. The number of hydrogen-bond acceptors (Lipinski definition) is 5. The van der Waals surface area contributed by atoms with Crippen LogP contribution in [-0.4, -0.2) is 33.8 Å². The van der Waals surface area contributed by atoms with Crippen LogP contribution < -0.4 is 0 Å². The van der Waals surface area contributed by atoms with Crippen LogP contribution in [0.2, 0.25) is 0 Å². The summed E-state index contributed by atoms with van der Waals surface area (Å²) in [5.74, 6) is 3.28. The minimum atomic E-state index is -0.445. The first kappa shape index (κ1) is 16.6. The number of benzene rings is 1. The van der Waals surface area contributed by atoms with E-state index in [9.17, 15) is 14.9 Å². The van der Waals surface area contributed by atoms with Crippen LogP contribution >= 0.6 is 11.8 Å². The van der Waals surface area contributed by atoms with E-state index >= 15 is 0 Å². The lowest BCUT2D eigenvalue weighted by molar-refractivity contribution is -0.384. The fourth-order valence-electron chi connectivity index (χ4n) is 2.83. The van der Waals surface area contributed by atoms with E-state index in [1.54, 1.807) is 23.9 Å². The average molecular weight is 346 g/mol. The molecule has 3 rings (SSSR count). The molecule has 1 saturated heterocycles. The summed E-state index contributed by atoms with van der Waals surface area (Å²) in [5, 5.41) is 10.9. The second kappa shape index (κ2) is 7.09. The van der Waals surface area contributed by atoms with Crippen molar-refractivity contribution in [3.63, 3.8) is 0 Å². The molecule has 0 radical (unpaired) electrons. The number of thioether (sulfide) groups is 1.